The van der Waals surface area contributed by atoms with E-state index >= 15 is 0 Å². The largest absolute Gasteiger partial charge is 0.341 e. The summed E-state index contributed by atoms with van der Waals surface area (Å²) in [5.41, 5.74) is 1.94. The monoisotopic (exact) mass is 285 g/mol. The minimum absolute atomic E-state index is 0.881. The fourth-order valence-electron chi connectivity index (χ4n) is 2.56. The van der Waals surface area contributed by atoms with Crippen molar-refractivity contribution in [1.82, 2.24) is 10.4 Å². The molecule has 2 aromatic rings. The van der Waals surface area contributed by atoms with Gasteiger partial charge in [0.05, 0.1) is 0 Å². The van der Waals surface area contributed by atoms with Crippen LogP contribution in [0.3, 0.4) is 0 Å². The van der Waals surface area contributed by atoms with Crippen LogP contribution in [0.5, 0.6) is 0 Å². The van der Waals surface area contributed by atoms with Gasteiger partial charge in [0, 0.05) is 17.3 Å². The molecular weight excluding hydrogens is 260 g/mol. The Morgan fingerprint density at radius 2 is 1.62 bits per heavy atom. The molecule has 1 radical (unpaired) electrons. The summed E-state index contributed by atoms with van der Waals surface area (Å²) < 4.78 is 5.31. The van der Waals surface area contributed by atoms with E-state index in [9.17, 15) is 0 Å². The Bertz CT molecular complexity index is 493. The molecule has 0 atom stereocenters. The van der Waals surface area contributed by atoms with Crippen LogP contribution in [0.1, 0.15) is 64.1 Å². The molecule has 0 spiro atoms. The number of aromatic nitrogens is 2. The first-order valence-corrected chi connectivity index (χ1v) is 8.19. The molecular formula is C18H25N2O. The maximum absolute atomic E-state index is 5.31. The van der Waals surface area contributed by atoms with Gasteiger partial charge in [-0.2, -0.15) is 0 Å². The highest BCUT2D eigenvalue weighted by Crippen LogP contribution is 2.22. The lowest BCUT2D eigenvalue weighted by molar-refractivity contribution is 0.358. The molecule has 0 saturated heterocycles. The molecule has 0 N–H and O–H groups in total. The number of hydrogen-bond donors (Lipinski definition) is 0. The van der Waals surface area contributed by atoms with Gasteiger partial charge >= 0.3 is 0 Å². The van der Waals surface area contributed by atoms with Crippen LogP contribution in [0, 0.1) is 6.07 Å². The van der Waals surface area contributed by atoms with E-state index < -0.39 is 0 Å². The molecule has 3 heteroatoms. The number of rotatable bonds is 10. The van der Waals surface area contributed by atoms with Crippen LogP contribution in [0.2, 0.25) is 0 Å². The van der Waals surface area contributed by atoms with Crippen molar-refractivity contribution in [2.45, 2.75) is 64.7 Å². The first kappa shape index (κ1) is 15.7. The van der Waals surface area contributed by atoms with E-state index in [0.717, 1.165) is 29.9 Å². The Morgan fingerprint density at radius 3 is 2.33 bits per heavy atom. The third-order valence-corrected chi connectivity index (χ3v) is 3.81. The highest BCUT2D eigenvalue weighted by molar-refractivity contribution is 5.59. The van der Waals surface area contributed by atoms with Gasteiger partial charge in [0.1, 0.15) is 5.69 Å². The smallest absolute Gasteiger partial charge is 0.165 e. The quantitative estimate of drug-likeness (QED) is 0.562. The number of unbranched alkanes of at least 4 members (excludes halogenated alkanes) is 7. The van der Waals surface area contributed by atoms with Crippen LogP contribution in [0.4, 0.5) is 0 Å². The first-order chi connectivity index (χ1) is 10.4. The van der Waals surface area contributed by atoms with Gasteiger partial charge in [0.2, 0.25) is 0 Å². The molecule has 3 nitrogen and oxygen atoms in total. The molecule has 113 valence electrons. The molecule has 2 rings (SSSR count). The van der Waals surface area contributed by atoms with Gasteiger partial charge in [0.15, 0.2) is 5.76 Å². The van der Waals surface area contributed by atoms with Gasteiger partial charge in [-0.05, 0) is 12.5 Å². The summed E-state index contributed by atoms with van der Waals surface area (Å²) in [6.45, 7) is 2.26. The third-order valence-electron chi connectivity index (χ3n) is 3.81. The summed E-state index contributed by atoms with van der Waals surface area (Å²) in [5.74, 6) is 0.909. The van der Waals surface area contributed by atoms with Crippen molar-refractivity contribution in [1.29, 1.82) is 0 Å². The van der Waals surface area contributed by atoms with E-state index in [-0.39, 0.29) is 0 Å². The molecule has 21 heavy (non-hydrogen) atoms. The van der Waals surface area contributed by atoms with E-state index in [1.54, 1.807) is 0 Å². The van der Waals surface area contributed by atoms with Crippen molar-refractivity contribution in [2.24, 2.45) is 0 Å². The zero-order valence-corrected chi connectivity index (χ0v) is 13.0. The zero-order chi connectivity index (χ0) is 14.8. The summed E-state index contributed by atoms with van der Waals surface area (Å²) in [7, 11) is 0. The van der Waals surface area contributed by atoms with Gasteiger partial charge in [-0.15, -0.1) is 5.10 Å². The molecule has 0 bridgehead atoms. The Labute approximate surface area is 127 Å². The minimum atomic E-state index is 0.881. The van der Waals surface area contributed by atoms with Crippen LogP contribution in [-0.4, -0.2) is 10.4 Å². The average Bonchev–Trinajstić information content (AvgIpc) is 2.99. The van der Waals surface area contributed by atoms with Crippen molar-refractivity contribution < 1.29 is 4.52 Å². The highest BCUT2D eigenvalue weighted by Gasteiger charge is 2.11. The van der Waals surface area contributed by atoms with Gasteiger partial charge in [-0.1, -0.05) is 76.1 Å². The van der Waals surface area contributed by atoms with Crippen LogP contribution >= 0.6 is 0 Å². The average molecular weight is 285 g/mol. The van der Waals surface area contributed by atoms with Gasteiger partial charge in [-0.3, -0.25) is 0 Å². The normalized spacial score (nSPS) is 10.9. The van der Waals surface area contributed by atoms with Crippen LogP contribution in [0.15, 0.2) is 28.8 Å². The van der Waals surface area contributed by atoms with Gasteiger partial charge < -0.3 is 4.52 Å². The standard InChI is InChI=1S/C18H25N2O/c1-2-3-4-5-6-7-8-12-15-17-18(19-20-21-17)16-13-10-9-11-14-16/h10-11,13-14H,2-8,12,15H2,1H3. The van der Waals surface area contributed by atoms with Crippen LogP contribution in [0.25, 0.3) is 11.3 Å². The fourth-order valence-corrected chi connectivity index (χ4v) is 2.56. The molecule has 1 aromatic heterocycles. The predicted octanol–water partition coefficient (Wildman–Crippen LogP) is 5.22. The molecule has 0 amide bonds. The second-order valence-corrected chi connectivity index (χ2v) is 5.56. The molecule has 0 fully saturated rings. The second-order valence-electron chi connectivity index (χ2n) is 5.56. The zero-order valence-electron chi connectivity index (χ0n) is 13.0. The number of aryl methyl sites for hydroxylation is 1. The lowest BCUT2D eigenvalue weighted by Crippen LogP contribution is -1.88. The summed E-state index contributed by atoms with van der Waals surface area (Å²) in [5, 5.41) is 7.82. The van der Waals surface area contributed by atoms with Gasteiger partial charge in [-0.25, -0.2) is 0 Å². The van der Waals surface area contributed by atoms with E-state index in [4.69, 9.17) is 4.52 Å². The van der Waals surface area contributed by atoms with Crippen molar-refractivity contribution in [2.75, 3.05) is 0 Å². The molecule has 0 aliphatic carbocycles. The summed E-state index contributed by atoms with van der Waals surface area (Å²) in [4.78, 5) is 0. The van der Waals surface area contributed by atoms with Crippen LogP contribution < -0.4 is 0 Å². The molecule has 1 aromatic carbocycles. The number of benzene rings is 1. The Balaban J connectivity index is 1.69. The molecule has 0 aliphatic heterocycles. The number of nitrogens with zero attached hydrogens (tertiary/aromatic N) is 2. The van der Waals surface area contributed by atoms with Gasteiger partial charge in [0.25, 0.3) is 0 Å². The van der Waals surface area contributed by atoms with Crippen molar-refractivity contribution in [3.05, 3.63) is 36.1 Å². The summed E-state index contributed by atoms with van der Waals surface area (Å²) in [6, 6.07) is 10.8. The SMILES string of the molecule is CCCCCCCCCCc1onnc1-c1cc[c]cc1. The summed E-state index contributed by atoms with van der Waals surface area (Å²) >= 11 is 0. The van der Waals surface area contributed by atoms with E-state index in [1.807, 2.05) is 24.3 Å². The summed E-state index contributed by atoms with van der Waals surface area (Å²) in [6.07, 6.45) is 11.5. The molecule has 1 heterocycles. The number of hydrogen-bond acceptors (Lipinski definition) is 3. The maximum Gasteiger partial charge on any atom is 0.165 e. The Morgan fingerprint density at radius 1 is 0.952 bits per heavy atom. The topological polar surface area (TPSA) is 38.9 Å². The minimum Gasteiger partial charge on any atom is -0.341 e. The molecule has 0 aliphatic rings. The third kappa shape index (κ3) is 5.33. The lowest BCUT2D eigenvalue weighted by Gasteiger charge is -2.01. The van der Waals surface area contributed by atoms with Crippen molar-refractivity contribution in [3.8, 4) is 11.3 Å². The van der Waals surface area contributed by atoms with E-state index in [0.29, 0.717) is 0 Å². The molecule has 0 saturated carbocycles. The van der Waals surface area contributed by atoms with E-state index in [1.165, 1.54) is 44.9 Å². The highest BCUT2D eigenvalue weighted by atomic mass is 16.5. The van der Waals surface area contributed by atoms with Crippen molar-refractivity contribution >= 4 is 0 Å². The maximum atomic E-state index is 5.31. The van der Waals surface area contributed by atoms with Crippen LogP contribution in [-0.2, 0) is 6.42 Å². The second kappa shape index (κ2) is 9.32. The van der Waals surface area contributed by atoms with Crippen molar-refractivity contribution in [3.63, 3.8) is 0 Å². The molecule has 0 unspecified atom stereocenters. The first-order valence-electron chi connectivity index (χ1n) is 8.19. The lowest BCUT2D eigenvalue weighted by atomic mass is 10.0. The van der Waals surface area contributed by atoms with E-state index in [2.05, 4.69) is 23.4 Å². The fraction of sp³-hybridized carbons (Fsp3) is 0.556. The Hall–Kier alpha value is -1.64. The predicted molar refractivity (Wildman–Crippen MR) is 84.9 cm³/mol. The Kier molecular flexibility index (Phi) is 6.99.